The molecule has 0 fully saturated rings. The SMILES string of the molecule is COC(=O)C(O)(c1ccccc1)C1c2ccccc2Oc2ccccc21. The van der Waals surface area contributed by atoms with Gasteiger partial charge < -0.3 is 14.6 Å². The van der Waals surface area contributed by atoms with Crippen molar-refractivity contribution in [3.05, 3.63) is 95.6 Å². The van der Waals surface area contributed by atoms with Gasteiger partial charge in [0.25, 0.3) is 0 Å². The van der Waals surface area contributed by atoms with Gasteiger partial charge in [-0.25, -0.2) is 4.79 Å². The van der Waals surface area contributed by atoms with Gasteiger partial charge in [-0.2, -0.15) is 0 Å². The molecule has 0 saturated carbocycles. The number of fused-ring (bicyclic) bond motifs is 2. The van der Waals surface area contributed by atoms with Crippen LogP contribution in [-0.2, 0) is 15.1 Å². The van der Waals surface area contributed by atoms with Gasteiger partial charge >= 0.3 is 5.97 Å². The van der Waals surface area contributed by atoms with Crippen LogP contribution in [0.1, 0.15) is 22.6 Å². The number of rotatable bonds is 3. The molecule has 1 unspecified atom stereocenters. The molecule has 0 amide bonds. The summed E-state index contributed by atoms with van der Waals surface area (Å²) in [5, 5.41) is 11.7. The van der Waals surface area contributed by atoms with E-state index < -0.39 is 17.5 Å². The molecule has 0 aliphatic carbocycles. The zero-order valence-corrected chi connectivity index (χ0v) is 14.3. The monoisotopic (exact) mass is 346 g/mol. The first kappa shape index (κ1) is 16.4. The molecule has 3 aromatic rings. The van der Waals surface area contributed by atoms with Crippen LogP contribution in [0.5, 0.6) is 11.5 Å². The van der Waals surface area contributed by atoms with Crippen LogP contribution in [0.3, 0.4) is 0 Å². The van der Waals surface area contributed by atoms with Crippen molar-refractivity contribution in [2.24, 2.45) is 0 Å². The van der Waals surface area contributed by atoms with Gasteiger partial charge in [0.15, 0.2) is 5.60 Å². The van der Waals surface area contributed by atoms with Crippen molar-refractivity contribution in [1.82, 2.24) is 0 Å². The maximum atomic E-state index is 12.8. The summed E-state index contributed by atoms with van der Waals surface area (Å²) in [4.78, 5) is 12.8. The Morgan fingerprint density at radius 2 is 1.38 bits per heavy atom. The molecule has 0 saturated heterocycles. The molecule has 0 spiro atoms. The van der Waals surface area contributed by atoms with E-state index in [0.29, 0.717) is 17.1 Å². The lowest BCUT2D eigenvalue weighted by atomic mass is 9.72. The van der Waals surface area contributed by atoms with Crippen LogP contribution in [0.2, 0.25) is 0 Å². The van der Waals surface area contributed by atoms with E-state index >= 15 is 0 Å². The molecule has 1 aliphatic heterocycles. The van der Waals surface area contributed by atoms with E-state index in [1.54, 1.807) is 24.3 Å². The fraction of sp³-hybridized carbons (Fsp3) is 0.136. The highest BCUT2D eigenvalue weighted by Crippen LogP contribution is 2.52. The summed E-state index contributed by atoms with van der Waals surface area (Å²) >= 11 is 0. The fourth-order valence-electron chi connectivity index (χ4n) is 3.61. The van der Waals surface area contributed by atoms with Crippen LogP contribution < -0.4 is 4.74 Å². The Bertz CT molecular complexity index is 906. The summed E-state index contributed by atoms with van der Waals surface area (Å²) in [6.07, 6.45) is 0. The second-order valence-electron chi connectivity index (χ2n) is 6.23. The van der Waals surface area contributed by atoms with Gasteiger partial charge in [0.2, 0.25) is 0 Å². The van der Waals surface area contributed by atoms with E-state index in [-0.39, 0.29) is 0 Å². The first-order valence-corrected chi connectivity index (χ1v) is 8.38. The largest absolute Gasteiger partial charge is 0.467 e. The number of para-hydroxylation sites is 2. The smallest absolute Gasteiger partial charge is 0.343 e. The van der Waals surface area contributed by atoms with E-state index in [4.69, 9.17) is 9.47 Å². The highest BCUT2D eigenvalue weighted by Gasteiger charge is 2.51. The predicted octanol–water partition coefficient (Wildman–Crippen LogP) is 3.99. The molecule has 3 aromatic carbocycles. The molecule has 4 heteroatoms. The number of ether oxygens (including phenoxy) is 2. The van der Waals surface area contributed by atoms with Crippen molar-refractivity contribution < 1.29 is 19.4 Å². The summed E-state index contributed by atoms with van der Waals surface area (Å²) in [5.41, 5.74) is 0.0701. The molecular weight excluding hydrogens is 328 g/mol. The third-order valence-corrected chi connectivity index (χ3v) is 4.81. The normalized spacial score (nSPS) is 15.2. The molecule has 0 bridgehead atoms. The number of benzene rings is 3. The topological polar surface area (TPSA) is 55.8 Å². The molecule has 0 aromatic heterocycles. The molecule has 130 valence electrons. The lowest BCUT2D eigenvalue weighted by Gasteiger charge is -2.38. The van der Waals surface area contributed by atoms with E-state index in [9.17, 15) is 9.90 Å². The molecule has 4 nitrogen and oxygen atoms in total. The van der Waals surface area contributed by atoms with Gasteiger partial charge in [-0.15, -0.1) is 0 Å². The number of carbonyl (C=O) groups is 1. The van der Waals surface area contributed by atoms with Crippen molar-refractivity contribution in [2.75, 3.05) is 7.11 Å². The highest BCUT2D eigenvalue weighted by molar-refractivity contribution is 5.84. The average Bonchev–Trinajstić information content (AvgIpc) is 2.71. The first-order valence-electron chi connectivity index (χ1n) is 8.38. The number of esters is 1. The van der Waals surface area contributed by atoms with Gasteiger partial charge in [-0.1, -0.05) is 66.7 Å². The Labute approximate surface area is 151 Å². The summed E-state index contributed by atoms with van der Waals surface area (Å²) in [7, 11) is 1.29. The second kappa shape index (κ2) is 6.32. The third-order valence-electron chi connectivity index (χ3n) is 4.81. The van der Waals surface area contributed by atoms with E-state index in [0.717, 1.165) is 11.1 Å². The summed E-state index contributed by atoms with van der Waals surface area (Å²) in [6.45, 7) is 0. The first-order chi connectivity index (χ1) is 12.7. The third kappa shape index (κ3) is 2.38. The standard InChI is InChI=1S/C22H18O4/c1-25-21(23)22(24,15-9-3-2-4-10-15)20-16-11-5-7-13-18(16)26-19-14-8-6-12-17(19)20/h2-14,20,24H,1H3. The number of hydrogen-bond acceptors (Lipinski definition) is 4. The lowest BCUT2D eigenvalue weighted by molar-refractivity contribution is -0.165. The number of methoxy groups -OCH3 is 1. The zero-order chi connectivity index (χ0) is 18.1. The summed E-state index contributed by atoms with van der Waals surface area (Å²) in [6, 6.07) is 23.8. The average molecular weight is 346 g/mol. The van der Waals surface area contributed by atoms with E-state index in [2.05, 4.69) is 0 Å². The van der Waals surface area contributed by atoms with Gasteiger partial charge in [-0.05, 0) is 17.7 Å². The van der Waals surface area contributed by atoms with Crippen LogP contribution in [0.25, 0.3) is 0 Å². The van der Waals surface area contributed by atoms with E-state index in [1.807, 2.05) is 54.6 Å². The van der Waals surface area contributed by atoms with Crippen molar-refractivity contribution in [1.29, 1.82) is 0 Å². The molecule has 1 aliphatic rings. The van der Waals surface area contributed by atoms with Crippen molar-refractivity contribution in [2.45, 2.75) is 11.5 Å². The Balaban J connectivity index is 2.02. The molecule has 1 N–H and O–H groups in total. The fourth-order valence-corrected chi connectivity index (χ4v) is 3.61. The second-order valence-corrected chi connectivity index (χ2v) is 6.23. The van der Waals surface area contributed by atoms with Gasteiger partial charge in [0.1, 0.15) is 11.5 Å². The Morgan fingerprint density at radius 3 is 1.92 bits per heavy atom. The summed E-state index contributed by atoms with van der Waals surface area (Å²) in [5.74, 6) is -0.123. The highest BCUT2D eigenvalue weighted by atomic mass is 16.5. The van der Waals surface area contributed by atoms with Gasteiger partial charge in [0.05, 0.1) is 13.0 Å². The van der Waals surface area contributed by atoms with Crippen LogP contribution in [0.4, 0.5) is 0 Å². The Hall–Kier alpha value is -3.11. The maximum absolute atomic E-state index is 12.8. The van der Waals surface area contributed by atoms with Crippen molar-refractivity contribution in [3.63, 3.8) is 0 Å². The van der Waals surface area contributed by atoms with Crippen molar-refractivity contribution in [3.8, 4) is 11.5 Å². The molecular formula is C22H18O4. The molecule has 1 atom stereocenters. The molecule has 26 heavy (non-hydrogen) atoms. The number of carbonyl (C=O) groups excluding carboxylic acids is 1. The Kier molecular flexibility index (Phi) is 3.98. The maximum Gasteiger partial charge on any atom is 0.343 e. The lowest BCUT2D eigenvalue weighted by Crippen LogP contribution is -2.44. The zero-order valence-electron chi connectivity index (χ0n) is 14.3. The summed E-state index contributed by atoms with van der Waals surface area (Å²) < 4.78 is 11.0. The predicted molar refractivity (Wildman–Crippen MR) is 97.2 cm³/mol. The molecule has 4 rings (SSSR count). The molecule has 1 heterocycles. The van der Waals surface area contributed by atoms with Crippen LogP contribution in [0.15, 0.2) is 78.9 Å². The van der Waals surface area contributed by atoms with E-state index in [1.165, 1.54) is 7.11 Å². The van der Waals surface area contributed by atoms with Crippen LogP contribution in [-0.4, -0.2) is 18.2 Å². The molecule has 0 radical (unpaired) electrons. The minimum atomic E-state index is -1.88. The van der Waals surface area contributed by atoms with Crippen molar-refractivity contribution >= 4 is 5.97 Å². The number of aliphatic hydroxyl groups is 1. The minimum Gasteiger partial charge on any atom is -0.467 e. The van der Waals surface area contributed by atoms with Crippen LogP contribution >= 0.6 is 0 Å². The van der Waals surface area contributed by atoms with Gasteiger partial charge in [0, 0.05) is 11.1 Å². The van der Waals surface area contributed by atoms with Gasteiger partial charge in [-0.3, -0.25) is 0 Å². The van der Waals surface area contributed by atoms with Crippen LogP contribution in [0, 0.1) is 0 Å². The number of hydrogen-bond donors (Lipinski definition) is 1. The minimum absolute atomic E-state index is 0.475. The quantitative estimate of drug-likeness (QED) is 0.729. The Morgan fingerprint density at radius 1 is 0.885 bits per heavy atom.